The molecule has 0 aliphatic heterocycles. The van der Waals surface area contributed by atoms with E-state index in [4.69, 9.17) is 0 Å². The number of aromatic nitrogens is 2. The maximum atomic E-state index is 4.20. The molecule has 0 bridgehead atoms. The number of nitrogens with zero attached hydrogens (tertiary/aromatic N) is 2. The van der Waals surface area contributed by atoms with Gasteiger partial charge in [0.1, 0.15) is 6.20 Å². The molecule has 0 unspecified atom stereocenters. The Morgan fingerprint density at radius 1 is 1.25 bits per heavy atom. The van der Waals surface area contributed by atoms with Gasteiger partial charge < -0.3 is 0 Å². The summed E-state index contributed by atoms with van der Waals surface area (Å²) >= 11 is 0. The first-order valence-corrected chi connectivity index (χ1v) is 3.87. The molecule has 2 nitrogen and oxygen atoms in total. The predicted octanol–water partition coefficient (Wildman–Crippen LogP) is 2.05. The fraction of sp³-hybridized carbons (Fsp3) is 0.200. The van der Waals surface area contributed by atoms with Crippen LogP contribution in [-0.4, -0.2) is 9.97 Å². The molecule has 0 spiro atoms. The van der Waals surface area contributed by atoms with Crippen LogP contribution in [0.2, 0.25) is 0 Å². The number of benzene rings is 1. The summed E-state index contributed by atoms with van der Waals surface area (Å²) in [5.41, 5.74) is 4.29. The number of fused-ring (bicyclic) bond motifs is 1. The Hall–Kier alpha value is -1.44. The van der Waals surface area contributed by atoms with E-state index in [0.717, 1.165) is 11.0 Å². The number of hydrogen-bond donors (Lipinski definition) is 0. The second-order valence-electron chi connectivity index (χ2n) is 2.95. The van der Waals surface area contributed by atoms with Crippen molar-refractivity contribution in [2.75, 3.05) is 0 Å². The van der Waals surface area contributed by atoms with E-state index >= 15 is 0 Å². The van der Waals surface area contributed by atoms with E-state index < -0.39 is 0 Å². The van der Waals surface area contributed by atoms with Crippen molar-refractivity contribution in [3.05, 3.63) is 35.7 Å². The summed E-state index contributed by atoms with van der Waals surface area (Å²) in [4.78, 5) is 8.32. The molecule has 1 aromatic heterocycles. The normalized spacial score (nSPS) is 10.5. The summed E-state index contributed by atoms with van der Waals surface area (Å²) in [6.07, 6.45) is 4.33. The van der Waals surface area contributed by atoms with Crippen LogP contribution in [0.15, 0.2) is 18.3 Å². The Balaban J connectivity index is 2.89. The van der Waals surface area contributed by atoms with Crippen LogP contribution in [0.1, 0.15) is 11.1 Å². The van der Waals surface area contributed by atoms with Crippen LogP contribution in [0.5, 0.6) is 0 Å². The highest BCUT2D eigenvalue weighted by Crippen LogP contribution is 2.14. The van der Waals surface area contributed by atoms with Crippen molar-refractivity contribution in [3.63, 3.8) is 0 Å². The molecule has 0 fully saturated rings. The van der Waals surface area contributed by atoms with Crippen molar-refractivity contribution in [2.24, 2.45) is 0 Å². The standard InChI is InChI=1S/C10H9N2/c1-7-5-8(2)10-9(6-7)11-3-4-12-10/h4-6H,1-2H3. The van der Waals surface area contributed by atoms with Gasteiger partial charge in [0, 0.05) is 0 Å². The van der Waals surface area contributed by atoms with Gasteiger partial charge in [-0.15, -0.1) is 0 Å². The first kappa shape index (κ1) is 7.22. The molecule has 2 heteroatoms. The van der Waals surface area contributed by atoms with Gasteiger partial charge in [-0.05, 0) is 31.0 Å². The van der Waals surface area contributed by atoms with Crippen LogP contribution in [-0.2, 0) is 0 Å². The topological polar surface area (TPSA) is 25.8 Å². The third kappa shape index (κ3) is 1.05. The monoisotopic (exact) mass is 157 g/mol. The van der Waals surface area contributed by atoms with Crippen molar-refractivity contribution in [3.8, 4) is 0 Å². The van der Waals surface area contributed by atoms with Crippen LogP contribution in [0.3, 0.4) is 0 Å². The molecule has 1 radical (unpaired) electrons. The van der Waals surface area contributed by atoms with Crippen LogP contribution < -0.4 is 0 Å². The average molecular weight is 157 g/mol. The molecule has 0 aliphatic carbocycles. The van der Waals surface area contributed by atoms with E-state index in [0.29, 0.717) is 0 Å². The minimum absolute atomic E-state index is 0.926. The molecular formula is C10H9N2. The second kappa shape index (κ2) is 2.55. The lowest BCUT2D eigenvalue weighted by atomic mass is 10.1. The van der Waals surface area contributed by atoms with E-state index in [1.54, 1.807) is 6.20 Å². The Labute approximate surface area is 71.3 Å². The van der Waals surface area contributed by atoms with Gasteiger partial charge in [-0.3, -0.25) is 4.98 Å². The smallest absolute Gasteiger partial charge is 0.109 e. The predicted molar refractivity (Wildman–Crippen MR) is 47.8 cm³/mol. The molecule has 0 amide bonds. The van der Waals surface area contributed by atoms with Crippen molar-refractivity contribution in [1.29, 1.82) is 0 Å². The van der Waals surface area contributed by atoms with Crippen LogP contribution in [0.25, 0.3) is 11.0 Å². The lowest BCUT2D eigenvalue weighted by Gasteiger charge is -2.00. The number of rotatable bonds is 0. The van der Waals surface area contributed by atoms with E-state index in [1.165, 1.54) is 11.1 Å². The minimum Gasteiger partial charge on any atom is -0.252 e. The van der Waals surface area contributed by atoms with Crippen molar-refractivity contribution in [2.45, 2.75) is 13.8 Å². The highest BCUT2D eigenvalue weighted by Gasteiger charge is 1.98. The molecule has 0 N–H and O–H groups in total. The van der Waals surface area contributed by atoms with Crippen molar-refractivity contribution < 1.29 is 0 Å². The second-order valence-corrected chi connectivity index (χ2v) is 2.95. The molecule has 12 heavy (non-hydrogen) atoms. The number of aryl methyl sites for hydroxylation is 2. The van der Waals surface area contributed by atoms with Crippen molar-refractivity contribution in [1.82, 2.24) is 9.97 Å². The molecule has 1 aromatic carbocycles. The Morgan fingerprint density at radius 2 is 2.08 bits per heavy atom. The zero-order valence-corrected chi connectivity index (χ0v) is 7.13. The largest absolute Gasteiger partial charge is 0.252 e. The summed E-state index contributed by atoms with van der Waals surface area (Å²) in [5, 5.41) is 0. The first-order valence-electron chi connectivity index (χ1n) is 3.87. The maximum absolute atomic E-state index is 4.20. The van der Waals surface area contributed by atoms with E-state index in [1.807, 2.05) is 13.0 Å². The fourth-order valence-corrected chi connectivity index (χ4v) is 1.38. The lowest BCUT2D eigenvalue weighted by molar-refractivity contribution is 1.25. The molecule has 2 aromatic rings. The molecule has 59 valence electrons. The fourth-order valence-electron chi connectivity index (χ4n) is 1.38. The Bertz CT molecular complexity index is 421. The highest BCUT2D eigenvalue weighted by atomic mass is 14.8. The number of hydrogen-bond acceptors (Lipinski definition) is 2. The summed E-state index contributed by atoms with van der Waals surface area (Å²) in [7, 11) is 0. The quantitative estimate of drug-likeness (QED) is 0.585. The van der Waals surface area contributed by atoms with Gasteiger partial charge in [0.2, 0.25) is 0 Å². The third-order valence-corrected chi connectivity index (χ3v) is 1.86. The first-order chi connectivity index (χ1) is 5.77. The Morgan fingerprint density at radius 3 is 2.92 bits per heavy atom. The molecule has 0 saturated heterocycles. The van der Waals surface area contributed by atoms with Gasteiger partial charge in [0.25, 0.3) is 0 Å². The molecule has 2 rings (SSSR count). The summed E-state index contributed by atoms with van der Waals surface area (Å²) in [5.74, 6) is 0. The summed E-state index contributed by atoms with van der Waals surface area (Å²) < 4.78 is 0. The minimum atomic E-state index is 0.926. The van der Waals surface area contributed by atoms with Gasteiger partial charge in [0.15, 0.2) is 0 Å². The summed E-state index contributed by atoms with van der Waals surface area (Å²) in [6, 6.07) is 4.13. The van der Waals surface area contributed by atoms with Crippen LogP contribution >= 0.6 is 0 Å². The van der Waals surface area contributed by atoms with E-state index in [2.05, 4.69) is 29.2 Å². The van der Waals surface area contributed by atoms with E-state index in [-0.39, 0.29) is 0 Å². The average Bonchev–Trinajstić information content (AvgIpc) is 2.04. The van der Waals surface area contributed by atoms with Gasteiger partial charge >= 0.3 is 0 Å². The highest BCUT2D eigenvalue weighted by molar-refractivity contribution is 5.78. The molecule has 0 saturated carbocycles. The van der Waals surface area contributed by atoms with Crippen molar-refractivity contribution >= 4 is 11.0 Å². The van der Waals surface area contributed by atoms with Crippen LogP contribution in [0.4, 0.5) is 0 Å². The Kier molecular flexibility index (Phi) is 1.54. The molecular weight excluding hydrogens is 148 g/mol. The van der Waals surface area contributed by atoms with Gasteiger partial charge in [-0.25, -0.2) is 4.98 Å². The molecule has 0 atom stereocenters. The summed E-state index contributed by atoms with van der Waals surface area (Å²) in [6.45, 7) is 4.10. The maximum Gasteiger partial charge on any atom is 0.109 e. The van der Waals surface area contributed by atoms with E-state index in [9.17, 15) is 0 Å². The molecule has 0 aliphatic rings. The zero-order chi connectivity index (χ0) is 8.55. The third-order valence-electron chi connectivity index (χ3n) is 1.86. The SMILES string of the molecule is Cc1cc(C)c2nc[c]nc2c1. The van der Waals surface area contributed by atoms with Gasteiger partial charge in [0.05, 0.1) is 17.2 Å². The van der Waals surface area contributed by atoms with Gasteiger partial charge in [-0.1, -0.05) is 6.07 Å². The molecule has 1 heterocycles. The van der Waals surface area contributed by atoms with Gasteiger partial charge in [-0.2, -0.15) is 0 Å². The van der Waals surface area contributed by atoms with Crippen LogP contribution in [0, 0.1) is 20.0 Å². The zero-order valence-electron chi connectivity index (χ0n) is 7.13. The lowest BCUT2D eigenvalue weighted by Crippen LogP contribution is -1.87.